The standard InChI is InChI=1S/C22H23BrFN3O/c1-2-26-11-9-22(10-12-26)27-20(17-13-15(23)7-8-21(17)28-22)14-19(25-27)16-5-3-4-6-18(16)24/h3-8,13,20H,2,9-12,14H2,1H3. The zero-order valence-corrected chi connectivity index (χ0v) is 17.5. The first-order valence-electron chi connectivity index (χ1n) is 9.92. The lowest BCUT2D eigenvalue weighted by molar-refractivity contribution is -0.149. The fraction of sp³-hybridized carbons (Fsp3) is 0.409. The molecule has 1 spiro atoms. The van der Waals surface area contributed by atoms with Gasteiger partial charge in [-0.3, -0.25) is 0 Å². The second-order valence-electron chi connectivity index (χ2n) is 7.76. The molecule has 3 aliphatic heterocycles. The van der Waals surface area contributed by atoms with Crippen LogP contribution in [0.1, 0.15) is 43.4 Å². The molecule has 0 bridgehead atoms. The normalized spacial score (nSPS) is 23.2. The first-order chi connectivity index (χ1) is 13.6. The summed E-state index contributed by atoms with van der Waals surface area (Å²) < 4.78 is 22.1. The van der Waals surface area contributed by atoms with Crippen molar-refractivity contribution in [3.8, 4) is 5.75 Å². The highest BCUT2D eigenvalue weighted by Gasteiger charge is 2.51. The fourth-order valence-corrected chi connectivity index (χ4v) is 5.04. The average Bonchev–Trinajstić information content (AvgIpc) is 3.16. The van der Waals surface area contributed by atoms with Crippen molar-refractivity contribution < 1.29 is 9.13 Å². The van der Waals surface area contributed by atoms with Crippen LogP contribution in [0.3, 0.4) is 0 Å². The molecule has 0 aliphatic carbocycles. The van der Waals surface area contributed by atoms with Crippen LogP contribution in [0.25, 0.3) is 0 Å². The van der Waals surface area contributed by atoms with E-state index in [9.17, 15) is 4.39 Å². The van der Waals surface area contributed by atoms with Gasteiger partial charge in [0.05, 0.1) is 11.8 Å². The van der Waals surface area contributed by atoms with E-state index in [1.807, 2.05) is 24.3 Å². The number of nitrogens with zero attached hydrogens (tertiary/aromatic N) is 3. The summed E-state index contributed by atoms with van der Waals surface area (Å²) in [7, 11) is 0. The number of rotatable bonds is 2. The Labute approximate surface area is 173 Å². The van der Waals surface area contributed by atoms with Crippen LogP contribution in [0.15, 0.2) is 52.0 Å². The van der Waals surface area contributed by atoms with E-state index in [1.54, 1.807) is 6.07 Å². The van der Waals surface area contributed by atoms with Crippen LogP contribution in [-0.4, -0.2) is 41.0 Å². The van der Waals surface area contributed by atoms with Crippen molar-refractivity contribution in [2.45, 2.75) is 38.0 Å². The molecular formula is C22H23BrFN3O. The monoisotopic (exact) mass is 443 g/mol. The molecule has 1 unspecified atom stereocenters. The lowest BCUT2D eigenvalue weighted by atomic mass is 9.90. The maximum Gasteiger partial charge on any atom is 0.200 e. The molecule has 146 valence electrons. The number of hydrogen-bond donors (Lipinski definition) is 0. The number of halogens is 2. The summed E-state index contributed by atoms with van der Waals surface area (Å²) >= 11 is 3.59. The molecular weight excluding hydrogens is 421 g/mol. The molecule has 2 aromatic rings. The average molecular weight is 444 g/mol. The van der Waals surface area contributed by atoms with Gasteiger partial charge in [-0.25, -0.2) is 9.40 Å². The van der Waals surface area contributed by atoms with E-state index in [2.05, 4.69) is 38.8 Å². The van der Waals surface area contributed by atoms with Crippen LogP contribution in [0.2, 0.25) is 0 Å². The summed E-state index contributed by atoms with van der Waals surface area (Å²) in [5.41, 5.74) is 2.06. The molecule has 6 heteroatoms. The highest BCUT2D eigenvalue weighted by molar-refractivity contribution is 9.10. The van der Waals surface area contributed by atoms with Gasteiger partial charge < -0.3 is 9.64 Å². The van der Waals surface area contributed by atoms with Gasteiger partial charge in [0.1, 0.15) is 11.6 Å². The number of fused-ring (bicyclic) bond motifs is 4. The van der Waals surface area contributed by atoms with Gasteiger partial charge in [-0.15, -0.1) is 0 Å². The van der Waals surface area contributed by atoms with Gasteiger partial charge in [0.2, 0.25) is 5.72 Å². The lowest BCUT2D eigenvalue weighted by Crippen LogP contribution is -2.59. The summed E-state index contributed by atoms with van der Waals surface area (Å²) in [6.45, 7) is 5.21. The Morgan fingerprint density at radius 2 is 2.00 bits per heavy atom. The van der Waals surface area contributed by atoms with Crippen molar-refractivity contribution in [2.24, 2.45) is 5.10 Å². The summed E-state index contributed by atoms with van der Waals surface area (Å²) in [5, 5.41) is 7.08. The first kappa shape index (κ1) is 18.1. The van der Waals surface area contributed by atoms with Crippen molar-refractivity contribution in [3.05, 3.63) is 63.9 Å². The molecule has 0 saturated carbocycles. The van der Waals surface area contributed by atoms with E-state index in [-0.39, 0.29) is 11.9 Å². The second-order valence-corrected chi connectivity index (χ2v) is 8.67. The largest absolute Gasteiger partial charge is 0.466 e. The fourth-order valence-electron chi connectivity index (χ4n) is 4.66. The van der Waals surface area contributed by atoms with Crippen LogP contribution in [0.4, 0.5) is 4.39 Å². The number of hydrazone groups is 1. The van der Waals surface area contributed by atoms with E-state index in [0.717, 1.165) is 54.0 Å². The highest BCUT2D eigenvalue weighted by Crippen LogP contribution is 2.50. The molecule has 0 amide bonds. The zero-order chi connectivity index (χ0) is 19.3. The minimum absolute atomic E-state index is 0.0732. The van der Waals surface area contributed by atoms with Gasteiger partial charge in [-0.2, -0.15) is 5.10 Å². The number of piperidine rings is 1. The van der Waals surface area contributed by atoms with Crippen LogP contribution >= 0.6 is 15.9 Å². The molecule has 0 radical (unpaired) electrons. The molecule has 0 N–H and O–H groups in total. The quantitative estimate of drug-likeness (QED) is 0.657. The predicted octanol–water partition coefficient (Wildman–Crippen LogP) is 4.94. The number of benzene rings is 2. The number of likely N-dealkylation sites (tertiary alicyclic amines) is 1. The van der Waals surface area contributed by atoms with Crippen molar-refractivity contribution in [2.75, 3.05) is 19.6 Å². The smallest absolute Gasteiger partial charge is 0.200 e. The van der Waals surface area contributed by atoms with Gasteiger partial charge in [0.25, 0.3) is 0 Å². The molecule has 4 nitrogen and oxygen atoms in total. The molecule has 2 aromatic carbocycles. The Morgan fingerprint density at radius 3 is 2.75 bits per heavy atom. The van der Waals surface area contributed by atoms with Crippen molar-refractivity contribution in [3.63, 3.8) is 0 Å². The third-order valence-electron chi connectivity index (χ3n) is 6.23. The third kappa shape index (κ3) is 2.85. The second kappa shape index (κ2) is 6.85. The van der Waals surface area contributed by atoms with Crippen LogP contribution in [0.5, 0.6) is 5.75 Å². The van der Waals surface area contributed by atoms with Gasteiger partial charge in [0, 0.05) is 48.0 Å². The molecule has 0 aromatic heterocycles. The molecule has 5 rings (SSSR count). The maximum absolute atomic E-state index is 14.5. The van der Waals surface area contributed by atoms with Gasteiger partial charge >= 0.3 is 0 Å². The number of ether oxygens (including phenoxy) is 1. The maximum atomic E-state index is 14.5. The van der Waals surface area contributed by atoms with Gasteiger partial charge in [-0.1, -0.05) is 41.1 Å². The molecule has 1 saturated heterocycles. The molecule has 28 heavy (non-hydrogen) atoms. The molecule has 3 heterocycles. The van der Waals surface area contributed by atoms with E-state index in [1.165, 1.54) is 6.07 Å². The molecule has 1 fully saturated rings. The van der Waals surface area contributed by atoms with Crippen LogP contribution < -0.4 is 4.74 Å². The summed E-state index contributed by atoms with van der Waals surface area (Å²) in [5.74, 6) is 0.714. The minimum atomic E-state index is -0.454. The summed E-state index contributed by atoms with van der Waals surface area (Å²) in [4.78, 5) is 2.44. The summed E-state index contributed by atoms with van der Waals surface area (Å²) in [6, 6.07) is 13.2. The molecule has 3 aliphatic rings. The Kier molecular flexibility index (Phi) is 4.43. The Hall–Kier alpha value is -1.92. The Morgan fingerprint density at radius 1 is 1.21 bits per heavy atom. The lowest BCUT2D eigenvalue weighted by Gasteiger charge is -2.51. The van der Waals surface area contributed by atoms with E-state index in [0.29, 0.717) is 12.0 Å². The molecule has 1 atom stereocenters. The number of hydrogen-bond acceptors (Lipinski definition) is 4. The first-order valence-corrected chi connectivity index (χ1v) is 10.7. The summed E-state index contributed by atoms with van der Waals surface area (Å²) in [6.07, 6.45) is 2.47. The van der Waals surface area contributed by atoms with Crippen molar-refractivity contribution in [1.29, 1.82) is 0 Å². The van der Waals surface area contributed by atoms with Crippen molar-refractivity contribution >= 4 is 21.6 Å². The zero-order valence-electron chi connectivity index (χ0n) is 15.9. The van der Waals surface area contributed by atoms with Gasteiger partial charge in [-0.05, 0) is 30.8 Å². The predicted molar refractivity (Wildman–Crippen MR) is 111 cm³/mol. The van der Waals surface area contributed by atoms with E-state index < -0.39 is 5.72 Å². The topological polar surface area (TPSA) is 28.1 Å². The van der Waals surface area contributed by atoms with Gasteiger partial charge in [0.15, 0.2) is 0 Å². The minimum Gasteiger partial charge on any atom is -0.466 e. The van der Waals surface area contributed by atoms with E-state index in [4.69, 9.17) is 9.84 Å². The highest BCUT2D eigenvalue weighted by atomic mass is 79.9. The van der Waals surface area contributed by atoms with Crippen LogP contribution in [0, 0.1) is 5.82 Å². The third-order valence-corrected chi connectivity index (χ3v) is 6.72. The Bertz CT molecular complexity index is 939. The van der Waals surface area contributed by atoms with Crippen molar-refractivity contribution in [1.82, 2.24) is 9.91 Å². The van der Waals surface area contributed by atoms with E-state index >= 15 is 0 Å². The SMILES string of the molecule is CCN1CCC2(CC1)Oc1ccc(Br)cc1C1CC(c3ccccc3F)=NN12. The Balaban J connectivity index is 1.58. The van der Waals surface area contributed by atoms with Crippen LogP contribution in [-0.2, 0) is 0 Å².